The molecule has 0 saturated heterocycles. The second-order valence-electron chi connectivity index (χ2n) is 4.29. The molecule has 0 amide bonds. The summed E-state index contributed by atoms with van der Waals surface area (Å²) in [6, 6.07) is 4.84. The lowest BCUT2D eigenvalue weighted by Gasteiger charge is -2.12. The molecule has 1 saturated carbocycles. The maximum Gasteiger partial charge on any atom is 0.309 e. The fourth-order valence-corrected chi connectivity index (χ4v) is 1.83. The zero-order valence-electron chi connectivity index (χ0n) is 8.59. The van der Waals surface area contributed by atoms with E-state index in [1.165, 1.54) is 6.07 Å². The lowest BCUT2D eigenvalue weighted by Crippen LogP contribution is -2.18. The normalized spacial score (nSPS) is 17.5. The van der Waals surface area contributed by atoms with E-state index >= 15 is 0 Å². The summed E-state index contributed by atoms with van der Waals surface area (Å²) in [7, 11) is 0. The summed E-state index contributed by atoms with van der Waals surface area (Å²) in [5.74, 6) is -1.01. The largest absolute Gasteiger partial charge is 0.481 e. The summed E-state index contributed by atoms with van der Waals surface area (Å²) in [5, 5.41) is 9.03. The Kier molecular flexibility index (Phi) is 2.25. The van der Waals surface area contributed by atoms with Gasteiger partial charge in [-0.1, -0.05) is 12.1 Å². The maximum absolute atomic E-state index is 13.2. The minimum atomic E-state index is -0.758. The van der Waals surface area contributed by atoms with Crippen LogP contribution in [0.1, 0.15) is 24.0 Å². The lowest BCUT2D eigenvalue weighted by atomic mass is 9.93. The Balaban J connectivity index is 2.25. The van der Waals surface area contributed by atoms with Crippen LogP contribution in [-0.2, 0) is 11.2 Å². The number of carboxylic acids is 1. The Hall–Kier alpha value is -1.38. The molecule has 1 N–H and O–H groups in total. The van der Waals surface area contributed by atoms with E-state index in [1.54, 1.807) is 19.1 Å². The molecule has 15 heavy (non-hydrogen) atoms. The highest BCUT2D eigenvalue weighted by molar-refractivity contribution is 5.78. The number of carbonyl (C=O) groups is 1. The molecule has 0 bridgehead atoms. The smallest absolute Gasteiger partial charge is 0.309 e. The van der Waals surface area contributed by atoms with Crippen molar-refractivity contribution in [3.63, 3.8) is 0 Å². The third-order valence-electron chi connectivity index (χ3n) is 3.22. The van der Waals surface area contributed by atoms with Crippen LogP contribution in [0.5, 0.6) is 0 Å². The summed E-state index contributed by atoms with van der Waals surface area (Å²) in [5.41, 5.74) is 0.776. The Morgan fingerprint density at radius 2 is 2.20 bits per heavy atom. The first-order chi connectivity index (χ1) is 7.05. The molecule has 2 rings (SSSR count). The Morgan fingerprint density at radius 1 is 1.53 bits per heavy atom. The Labute approximate surface area is 87.7 Å². The average Bonchev–Trinajstić information content (AvgIpc) is 2.94. The molecular weight excluding hydrogens is 195 g/mol. The van der Waals surface area contributed by atoms with Gasteiger partial charge in [-0.15, -0.1) is 0 Å². The molecule has 0 unspecified atom stereocenters. The third kappa shape index (κ3) is 1.74. The van der Waals surface area contributed by atoms with Crippen molar-refractivity contribution in [3.8, 4) is 0 Å². The quantitative estimate of drug-likeness (QED) is 0.828. The van der Waals surface area contributed by atoms with E-state index in [9.17, 15) is 9.18 Å². The first-order valence-corrected chi connectivity index (χ1v) is 5.02. The topological polar surface area (TPSA) is 37.3 Å². The Morgan fingerprint density at radius 3 is 2.73 bits per heavy atom. The second-order valence-corrected chi connectivity index (χ2v) is 4.29. The number of hydrogen-bond donors (Lipinski definition) is 1. The summed E-state index contributed by atoms with van der Waals surface area (Å²) in [6.07, 6.45) is 1.86. The van der Waals surface area contributed by atoms with Gasteiger partial charge in [0.05, 0.1) is 5.41 Å². The number of hydrogen-bond acceptors (Lipinski definition) is 1. The number of halogens is 1. The molecule has 0 aromatic heterocycles. The van der Waals surface area contributed by atoms with Crippen molar-refractivity contribution in [1.82, 2.24) is 0 Å². The minimum Gasteiger partial charge on any atom is -0.481 e. The maximum atomic E-state index is 13.2. The third-order valence-corrected chi connectivity index (χ3v) is 3.22. The molecule has 2 nitrogen and oxygen atoms in total. The van der Waals surface area contributed by atoms with Gasteiger partial charge in [-0.25, -0.2) is 4.39 Å². The van der Waals surface area contributed by atoms with Crippen LogP contribution in [0, 0.1) is 18.2 Å². The summed E-state index contributed by atoms with van der Waals surface area (Å²) in [6.45, 7) is 1.70. The van der Waals surface area contributed by atoms with E-state index in [0.29, 0.717) is 24.8 Å². The van der Waals surface area contributed by atoms with E-state index in [4.69, 9.17) is 5.11 Å². The summed E-state index contributed by atoms with van der Waals surface area (Å²) in [4.78, 5) is 11.0. The number of carboxylic acid groups (broad SMARTS) is 1. The molecule has 80 valence electrons. The van der Waals surface area contributed by atoms with Crippen molar-refractivity contribution < 1.29 is 14.3 Å². The molecular formula is C12H13FO2. The van der Waals surface area contributed by atoms with Gasteiger partial charge in [-0.05, 0) is 43.4 Å². The standard InChI is InChI=1S/C12H13FO2/c1-8-9(3-2-4-10(8)13)7-12(5-6-12)11(14)15/h2-4H,5-7H2,1H3,(H,14,15). The van der Waals surface area contributed by atoms with Gasteiger partial charge in [0.2, 0.25) is 0 Å². The molecule has 0 spiro atoms. The van der Waals surface area contributed by atoms with Crippen LogP contribution in [-0.4, -0.2) is 11.1 Å². The predicted octanol–water partition coefficient (Wildman–Crippen LogP) is 2.54. The fraction of sp³-hybridized carbons (Fsp3) is 0.417. The molecule has 1 aromatic carbocycles. The SMILES string of the molecule is Cc1c(F)cccc1CC1(C(=O)O)CC1. The molecule has 1 aliphatic rings. The zero-order chi connectivity index (χ0) is 11.1. The van der Waals surface area contributed by atoms with Crippen molar-refractivity contribution in [2.24, 2.45) is 5.41 Å². The van der Waals surface area contributed by atoms with Crippen LogP contribution in [0.4, 0.5) is 4.39 Å². The van der Waals surface area contributed by atoms with Gasteiger partial charge >= 0.3 is 5.97 Å². The lowest BCUT2D eigenvalue weighted by molar-refractivity contribution is -0.143. The molecule has 0 atom stereocenters. The second kappa shape index (κ2) is 3.33. The van der Waals surface area contributed by atoms with Gasteiger partial charge in [-0.3, -0.25) is 4.79 Å². The number of aliphatic carboxylic acids is 1. The van der Waals surface area contributed by atoms with Crippen molar-refractivity contribution in [1.29, 1.82) is 0 Å². The fourth-order valence-electron chi connectivity index (χ4n) is 1.83. The highest BCUT2D eigenvalue weighted by Gasteiger charge is 2.50. The highest BCUT2D eigenvalue weighted by Crippen LogP contribution is 2.48. The molecule has 1 aliphatic carbocycles. The first kappa shape index (κ1) is 10.1. The average molecular weight is 208 g/mol. The molecule has 1 aromatic rings. The van der Waals surface area contributed by atoms with E-state index in [1.807, 2.05) is 0 Å². The Bertz CT molecular complexity index is 408. The van der Waals surface area contributed by atoms with Crippen LogP contribution in [0.3, 0.4) is 0 Å². The molecule has 0 aliphatic heterocycles. The zero-order valence-corrected chi connectivity index (χ0v) is 8.59. The molecule has 3 heteroatoms. The van der Waals surface area contributed by atoms with E-state index < -0.39 is 11.4 Å². The monoisotopic (exact) mass is 208 g/mol. The number of rotatable bonds is 3. The first-order valence-electron chi connectivity index (χ1n) is 5.02. The van der Waals surface area contributed by atoms with Crippen molar-refractivity contribution >= 4 is 5.97 Å². The van der Waals surface area contributed by atoms with Crippen LogP contribution in [0.2, 0.25) is 0 Å². The summed E-state index contributed by atoms with van der Waals surface area (Å²) >= 11 is 0. The van der Waals surface area contributed by atoms with Crippen LogP contribution >= 0.6 is 0 Å². The van der Waals surface area contributed by atoms with Crippen LogP contribution in [0.25, 0.3) is 0 Å². The van der Waals surface area contributed by atoms with Gasteiger partial charge < -0.3 is 5.11 Å². The van der Waals surface area contributed by atoms with Gasteiger partial charge in [0.25, 0.3) is 0 Å². The molecule has 1 fully saturated rings. The van der Waals surface area contributed by atoms with Crippen molar-refractivity contribution in [3.05, 3.63) is 35.1 Å². The van der Waals surface area contributed by atoms with Gasteiger partial charge in [-0.2, -0.15) is 0 Å². The number of benzene rings is 1. The minimum absolute atomic E-state index is 0.256. The molecule has 0 heterocycles. The van der Waals surface area contributed by atoms with Crippen LogP contribution < -0.4 is 0 Å². The van der Waals surface area contributed by atoms with Gasteiger partial charge in [0, 0.05) is 0 Å². The molecule has 0 radical (unpaired) electrons. The van der Waals surface area contributed by atoms with Gasteiger partial charge in [0.15, 0.2) is 0 Å². The van der Waals surface area contributed by atoms with E-state index in [0.717, 1.165) is 5.56 Å². The van der Waals surface area contributed by atoms with Crippen LogP contribution in [0.15, 0.2) is 18.2 Å². The van der Waals surface area contributed by atoms with Crippen molar-refractivity contribution in [2.75, 3.05) is 0 Å². The van der Waals surface area contributed by atoms with E-state index in [-0.39, 0.29) is 5.82 Å². The summed E-state index contributed by atoms with van der Waals surface area (Å²) < 4.78 is 13.2. The predicted molar refractivity (Wildman–Crippen MR) is 54.1 cm³/mol. The highest BCUT2D eigenvalue weighted by atomic mass is 19.1. The van der Waals surface area contributed by atoms with E-state index in [2.05, 4.69) is 0 Å². The van der Waals surface area contributed by atoms with Gasteiger partial charge in [0.1, 0.15) is 5.82 Å². The van der Waals surface area contributed by atoms with Crippen molar-refractivity contribution in [2.45, 2.75) is 26.2 Å².